The molecule has 1 heterocycles. The second kappa shape index (κ2) is 6.78. The van der Waals surface area contributed by atoms with Crippen molar-refractivity contribution in [3.63, 3.8) is 0 Å². The van der Waals surface area contributed by atoms with E-state index in [4.69, 9.17) is 0 Å². The first-order valence-corrected chi connectivity index (χ1v) is 8.89. The predicted molar refractivity (Wildman–Crippen MR) is 106 cm³/mol. The van der Waals surface area contributed by atoms with Gasteiger partial charge in [-0.15, -0.1) is 0 Å². The van der Waals surface area contributed by atoms with Gasteiger partial charge in [0.1, 0.15) is 0 Å². The van der Waals surface area contributed by atoms with E-state index in [-0.39, 0.29) is 5.69 Å². The van der Waals surface area contributed by atoms with Crippen molar-refractivity contribution in [2.45, 2.75) is 11.8 Å². The summed E-state index contributed by atoms with van der Waals surface area (Å²) in [6.07, 6.45) is 5.33. The van der Waals surface area contributed by atoms with Crippen molar-refractivity contribution in [3.05, 3.63) is 107 Å². The van der Waals surface area contributed by atoms with Crippen LogP contribution in [-0.2, 0) is 11.8 Å². The zero-order chi connectivity index (χ0) is 19.7. The van der Waals surface area contributed by atoms with E-state index in [0.29, 0.717) is 17.7 Å². The summed E-state index contributed by atoms with van der Waals surface area (Å²) >= 11 is 0. The van der Waals surface area contributed by atoms with Gasteiger partial charge in [-0.3, -0.25) is 4.79 Å². The quantitative estimate of drug-likeness (QED) is 0.706. The van der Waals surface area contributed by atoms with Gasteiger partial charge in [0.15, 0.2) is 5.69 Å². The van der Waals surface area contributed by atoms with E-state index in [9.17, 15) is 14.7 Å². The lowest BCUT2D eigenvalue weighted by molar-refractivity contribution is 0.0689. The van der Waals surface area contributed by atoms with Crippen molar-refractivity contribution in [3.8, 4) is 0 Å². The van der Waals surface area contributed by atoms with Gasteiger partial charge in [0.05, 0.1) is 5.69 Å². The molecule has 5 heteroatoms. The van der Waals surface area contributed by atoms with Gasteiger partial charge in [-0.05, 0) is 17.2 Å². The lowest BCUT2D eigenvalue weighted by Crippen LogP contribution is -2.32. The first-order valence-electron chi connectivity index (χ1n) is 8.89. The number of fused-ring (bicyclic) bond motifs is 1. The Balaban J connectivity index is 1.97. The zero-order valence-corrected chi connectivity index (χ0v) is 15.1. The number of rotatable bonds is 4. The van der Waals surface area contributed by atoms with E-state index in [2.05, 4.69) is 11.7 Å². The minimum atomic E-state index is -1.16. The van der Waals surface area contributed by atoms with Gasteiger partial charge < -0.3 is 5.11 Å². The number of aromatic carboxylic acids is 1. The highest BCUT2D eigenvalue weighted by Crippen LogP contribution is 2.42. The smallest absolute Gasteiger partial charge is 0.357 e. The molecule has 1 aliphatic rings. The summed E-state index contributed by atoms with van der Waals surface area (Å²) in [5.41, 5.74) is 2.47. The van der Waals surface area contributed by atoms with Gasteiger partial charge in [-0.1, -0.05) is 79.4 Å². The molecule has 0 radical (unpaired) electrons. The van der Waals surface area contributed by atoms with Crippen LogP contribution in [0, 0.1) is 0 Å². The molecular formula is C23H18N2O3. The van der Waals surface area contributed by atoms with Gasteiger partial charge in [-0.2, -0.15) is 9.78 Å². The fourth-order valence-electron chi connectivity index (χ4n) is 3.82. The number of carboxylic acid groups (broad SMARTS) is 1. The Morgan fingerprint density at radius 1 is 1.04 bits per heavy atom. The molecule has 3 aromatic rings. The van der Waals surface area contributed by atoms with E-state index in [0.717, 1.165) is 21.9 Å². The van der Waals surface area contributed by atoms with Crippen LogP contribution in [0.3, 0.4) is 0 Å². The number of aromatic nitrogens is 2. The third kappa shape index (κ3) is 2.68. The molecule has 0 saturated carbocycles. The number of benzene rings is 2. The largest absolute Gasteiger partial charge is 0.476 e. The summed E-state index contributed by atoms with van der Waals surface area (Å²) in [4.78, 5) is 24.0. The molecule has 0 spiro atoms. The van der Waals surface area contributed by atoms with Gasteiger partial charge in [0, 0.05) is 17.4 Å². The number of hydrogen-bond acceptors (Lipinski definition) is 3. The van der Waals surface area contributed by atoms with Crippen molar-refractivity contribution in [2.75, 3.05) is 0 Å². The number of carbonyl (C=O) groups is 2. The second-order valence-corrected chi connectivity index (χ2v) is 6.68. The van der Waals surface area contributed by atoms with Crippen LogP contribution in [0.25, 0.3) is 6.08 Å². The third-order valence-corrected chi connectivity index (χ3v) is 5.17. The molecule has 28 heavy (non-hydrogen) atoms. The van der Waals surface area contributed by atoms with E-state index >= 15 is 0 Å². The lowest BCUT2D eigenvalue weighted by Gasteiger charge is -2.35. The minimum absolute atomic E-state index is 0.129. The molecule has 4 rings (SSSR count). The monoisotopic (exact) mass is 370 g/mol. The number of carbonyl (C=O) groups excluding carboxylic acids is 1. The topological polar surface area (TPSA) is 72.2 Å². The molecule has 138 valence electrons. The standard InChI is InChI=1S/C23H18N2O3/c1-2-20(26)25-19-15-23(16-9-5-3-6-10-16,17-11-7-4-8-12-17)14-13-18(19)21(24-25)22(27)28/h2-14H,1,15H2,(H,27,28). The first kappa shape index (κ1) is 17.7. The highest BCUT2D eigenvalue weighted by Gasteiger charge is 2.38. The Labute approximate surface area is 162 Å². The summed E-state index contributed by atoms with van der Waals surface area (Å²) in [5.74, 6) is -1.61. The number of allylic oxidation sites excluding steroid dienone is 2. The van der Waals surface area contributed by atoms with E-state index in [1.54, 1.807) is 6.08 Å². The SMILES string of the molecule is C=CC(=O)n1nc(C(=O)O)c2c1CC(c1ccccc1)(c1ccccc1)C=C2. The maximum Gasteiger partial charge on any atom is 0.357 e. The van der Waals surface area contributed by atoms with Crippen LogP contribution in [-0.4, -0.2) is 26.8 Å². The molecular weight excluding hydrogens is 352 g/mol. The molecule has 0 amide bonds. The van der Waals surface area contributed by atoms with Crippen LogP contribution in [0.5, 0.6) is 0 Å². The van der Waals surface area contributed by atoms with Crippen LogP contribution in [0.4, 0.5) is 0 Å². The highest BCUT2D eigenvalue weighted by atomic mass is 16.4. The van der Waals surface area contributed by atoms with E-state index in [1.165, 1.54) is 0 Å². The fourth-order valence-corrected chi connectivity index (χ4v) is 3.82. The fraction of sp³-hybridized carbons (Fsp3) is 0.0870. The molecule has 0 fully saturated rings. The summed E-state index contributed by atoms with van der Waals surface area (Å²) in [6.45, 7) is 3.52. The van der Waals surface area contributed by atoms with Crippen LogP contribution in [0.15, 0.2) is 79.4 Å². The Hall–Kier alpha value is -3.73. The number of nitrogens with zero attached hydrogens (tertiary/aromatic N) is 2. The Morgan fingerprint density at radius 3 is 2.11 bits per heavy atom. The predicted octanol–water partition coefficient (Wildman–Crippen LogP) is 3.96. The molecule has 2 aromatic carbocycles. The zero-order valence-electron chi connectivity index (χ0n) is 15.1. The van der Waals surface area contributed by atoms with Gasteiger partial charge in [-0.25, -0.2) is 4.79 Å². The molecule has 1 aromatic heterocycles. The van der Waals surface area contributed by atoms with Gasteiger partial charge >= 0.3 is 5.97 Å². The molecule has 0 unspecified atom stereocenters. The summed E-state index contributed by atoms with van der Waals surface area (Å²) in [7, 11) is 0. The van der Waals surface area contributed by atoms with Crippen molar-refractivity contribution in [1.82, 2.24) is 9.78 Å². The molecule has 0 atom stereocenters. The van der Waals surface area contributed by atoms with Crippen LogP contribution < -0.4 is 0 Å². The Kier molecular flexibility index (Phi) is 4.28. The average molecular weight is 370 g/mol. The van der Waals surface area contributed by atoms with Crippen LogP contribution in [0.1, 0.15) is 37.7 Å². The maximum absolute atomic E-state index is 12.4. The van der Waals surface area contributed by atoms with Crippen LogP contribution >= 0.6 is 0 Å². The molecule has 5 nitrogen and oxygen atoms in total. The minimum Gasteiger partial charge on any atom is -0.476 e. The number of hydrogen-bond donors (Lipinski definition) is 1. The summed E-state index contributed by atoms with van der Waals surface area (Å²) < 4.78 is 1.16. The van der Waals surface area contributed by atoms with E-state index < -0.39 is 17.3 Å². The summed E-state index contributed by atoms with van der Waals surface area (Å²) in [5, 5.41) is 13.6. The lowest BCUT2D eigenvalue weighted by atomic mass is 9.68. The normalized spacial score (nSPS) is 14.3. The molecule has 1 N–H and O–H groups in total. The second-order valence-electron chi connectivity index (χ2n) is 6.68. The highest BCUT2D eigenvalue weighted by molar-refractivity contribution is 5.95. The van der Waals surface area contributed by atoms with Crippen molar-refractivity contribution in [2.24, 2.45) is 0 Å². The third-order valence-electron chi connectivity index (χ3n) is 5.17. The molecule has 1 aliphatic carbocycles. The Bertz CT molecular complexity index is 1060. The van der Waals surface area contributed by atoms with Gasteiger partial charge in [0.25, 0.3) is 5.91 Å². The van der Waals surface area contributed by atoms with Crippen molar-refractivity contribution in [1.29, 1.82) is 0 Å². The Morgan fingerprint density at radius 2 is 1.61 bits per heavy atom. The number of carboxylic acids is 1. The van der Waals surface area contributed by atoms with E-state index in [1.807, 2.05) is 66.7 Å². The molecule has 0 bridgehead atoms. The van der Waals surface area contributed by atoms with Gasteiger partial charge in [0.2, 0.25) is 0 Å². The van der Waals surface area contributed by atoms with Crippen LogP contribution in [0.2, 0.25) is 0 Å². The molecule has 0 saturated heterocycles. The average Bonchev–Trinajstić information content (AvgIpc) is 3.13. The maximum atomic E-state index is 12.4. The molecule has 0 aliphatic heterocycles. The van der Waals surface area contributed by atoms with Crippen molar-refractivity contribution < 1.29 is 14.7 Å². The van der Waals surface area contributed by atoms with Crippen molar-refractivity contribution >= 4 is 18.0 Å². The summed E-state index contributed by atoms with van der Waals surface area (Å²) in [6, 6.07) is 19.9. The first-order chi connectivity index (χ1) is 13.6.